The van der Waals surface area contributed by atoms with Crippen molar-refractivity contribution in [2.45, 2.75) is 44.5 Å². The van der Waals surface area contributed by atoms with Gasteiger partial charge in [0.15, 0.2) is 5.78 Å². The fourth-order valence-electron chi connectivity index (χ4n) is 3.39. The van der Waals surface area contributed by atoms with Gasteiger partial charge in [0.1, 0.15) is 16.9 Å². The molecule has 0 aliphatic carbocycles. The quantitative estimate of drug-likeness (QED) is 0.153. The summed E-state index contributed by atoms with van der Waals surface area (Å²) >= 11 is 1.52. The largest absolute Gasteiger partial charge is 0.422 e. The molecule has 0 unspecified atom stereocenters. The maximum atomic E-state index is 13.5. The van der Waals surface area contributed by atoms with Crippen molar-refractivity contribution >= 4 is 50.2 Å². The molecule has 0 saturated heterocycles. The maximum absolute atomic E-state index is 13.5. The Morgan fingerprint density at radius 3 is 2.52 bits per heavy atom. The highest BCUT2D eigenvalue weighted by molar-refractivity contribution is 7.98. The summed E-state index contributed by atoms with van der Waals surface area (Å²) < 4.78 is 38.1. The molecule has 33 heavy (non-hydrogen) atoms. The van der Waals surface area contributed by atoms with Crippen LogP contribution in [0.4, 0.5) is 5.69 Å². The van der Waals surface area contributed by atoms with E-state index in [1.807, 2.05) is 20.1 Å². The van der Waals surface area contributed by atoms with E-state index in [4.69, 9.17) is 15.9 Å². The molecular weight excluding hydrogens is 470 g/mol. The molecule has 2 aromatic rings. The maximum Gasteiger partial charge on any atom is 0.347 e. The number of Topliss-reactive ketones (excluding diaryl/α,β-unsaturated/α-hetero) is 1. The predicted octanol–water partition coefficient (Wildman–Crippen LogP) is 1.56. The van der Waals surface area contributed by atoms with Crippen molar-refractivity contribution < 1.29 is 27.0 Å². The third-order valence-electron chi connectivity index (χ3n) is 4.92. The molecule has 2 rings (SSSR count). The molecule has 182 valence electrons. The first kappa shape index (κ1) is 26.8. The van der Waals surface area contributed by atoms with Crippen LogP contribution in [0.3, 0.4) is 0 Å². The monoisotopic (exact) mass is 499 g/mol. The van der Waals surface area contributed by atoms with Crippen molar-refractivity contribution in [3.8, 4) is 0 Å². The number of rotatable bonds is 11. The molecule has 10 nitrogen and oxygen atoms in total. The Labute approximate surface area is 196 Å². The average molecular weight is 500 g/mol. The van der Waals surface area contributed by atoms with Gasteiger partial charge in [0, 0.05) is 17.1 Å². The molecule has 0 radical (unpaired) electrons. The van der Waals surface area contributed by atoms with Gasteiger partial charge in [-0.2, -0.15) is 20.2 Å². The van der Waals surface area contributed by atoms with E-state index in [-0.39, 0.29) is 34.6 Å². The van der Waals surface area contributed by atoms with Crippen molar-refractivity contribution in [3.63, 3.8) is 0 Å². The highest BCUT2D eigenvalue weighted by Gasteiger charge is 2.31. The topological polar surface area (TPSA) is 183 Å². The first-order valence-electron chi connectivity index (χ1n) is 10.2. The van der Waals surface area contributed by atoms with E-state index in [1.165, 1.54) is 30.0 Å². The Kier molecular flexibility index (Phi) is 9.06. The second kappa shape index (κ2) is 11.1. The van der Waals surface area contributed by atoms with Gasteiger partial charge >= 0.3 is 5.63 Å². The Morgan fingerprint density at radius 2 is 1.94 bits per heavy atom. The molecule has 0 saturated carbocycles. The van der Waals surface area contributed by atoms with Gasteiger partial charge in [-0.15, -0.1) is 0 Å². The summed E-state index contributed by atoms with van der Waals surface area (Å²) in [5.41, 5.74) is 9.99. The Balaban J connectivity index is 2.60. The number of hydrogen-bond acceptors (Lipinski definition) is 9. The Bertz CT molecular complexity index is 1190. The van der Waals surface area contributed by atoms with Gasteiger partial charge < -0.3 is 21.2 Å². The van der Waals surface area contributed by atoms with Crippen LogP contribution in [0.15, 0.2) is 27.4 Å². The first-order valence-corrected chi connectivity index (χ1v) is 13.2. The van der Waals surface area contributed by atoms with Crippen LogP contribution in [0.1, 0.15) is 42.6 Å². The summed E-state index contributed by atoms with van der Waals surface area (Å²) in [6.07, 6.45) is 2.44. The molecule has 0 bridgehead atoms. The highest BCUT2D eigenvalue weighted by atomic mass is 32.2. The molecule has 0 aliphatic heterocycles. The van der Waals surface area contributed by atoms with E-state index >= 15 is 0 Å². The summed E-state index contributed by atoms with van der Waals surface area (Å²) in [4.78, 5) is 38.8. The molecule has 2 atom stereocenters. The third kappa shape index (κ3) is 7.29. The molecule has 0 spiro atoms. The molecule has 6 N–H and O–H groups in total. The lowest BCUT2D eigenvalue weighted by Gasteiger charge is -2.22. The van der Waals surface area contributed by atoms with Gasteiger partial charge in [0.25, 0.3) is 10.1 Å². The van der Waals surface area contributed by atoms with E-state index < -0.39 is 50.8 Å². The normalized spacial score (nSPS) is 13.8. The van der Waals surface area contributed by atoms with E-state index in [1.54, 1.807) is 0 Å². The van der Waals surface area contributed by atoms with Gasteiger partial charge in [-0.05, 0) is 48.5 Å². The number of ketones is 1. The van der Waals surface area contributed by atoms with Gasteiger partial charge in [-0.25, -0.2) is 4.79 Å². The smallest absolute Gasteiger partial charge is 0.347 e. The second-order valence-corrected chi connectivity index (χ2v) is 10.6. The minimum absolute atomic E-state index is 0.0290. The minimum Gasteiger partial charge on any atom is -0.422 e. The Hall–Kier alpha value is -2.41. The number of nitrogen functional groups attached to an aromatic ring is 1. The zero-order valence-corrected chi connectivity index (χ0v) is 20.3. The number of hydrogen-bond donors (Lipinski definition) is 4. The molecule has 1 heterocycles. The van der Waals surface area contributed by atoms with E-state index in [2.05, 4.69) is 5.32 Å². The predicted molar refractivity (Wildman–Crippen MR) is 129 cm³/mol. The molecular formula is C21H29N3O7S2. The summed E-state index contributed by atoms with van der Waals surface area (Å²) in [7, 11) is -4.62. The molecule has 1 amide bonds. The number of fused-ring (bicyclic) bond motifs is 1. The lowest BCUT2D eigenvalue weighted by Crippen LogP contribution is -2.50. The molecule has 0 aliphatic rings. The van der Waals surface area contributed by atoms with Gasteiger partial charge in [-0.3, -0.25) is 14.1 Å². The van der Waals surface area contributed by atoms with Crippen LogP contribution in [-0.2, 0) is 20.7 Å². The number of nitrogens with two attached hydrogens (primary N) is 2. The van der Waals surface area contributed by atoms with Crippen LogP contribution in [0, 0.1) is 5.92 Å². The molecule has 12 heteroatoms. The van der Waals surface area contributed by atoms with Crippen molar-refractivity contribution in [1.29, 1.82) is 0 Å². The number of carbonyl (C=O) groups excluding carboxylic acids is 2. The van der Waals surface area contributed by atoms with Crippen LogP contribution < -0.4 is 22.4 Å². The second-order valence-electron chi connectivity index (χ2n) is 8.17. The number of anilines is 1. The van der Waals surface area contributed by atoms with Crippen LogP contribution in [0.25, 0.3) is 11.0 Å². The average Bonchev–Trinajstić information content (AvgIpc) is 2.69. The van der Waals surface area contributed by atoms with Crippen LogP contribution >= 0.6 is 11.8 Å². The fourth-order valence-corrected chi connectivity index (χ4v) is 4.55. The zero-order chi connectivity index (χ0) is 24.9. The summed E-state index contributed by atoms with van der Waals surface area (Å²) in [6.45, 7) is 3.65. The number of benzene rings is 1. The van der Waals surface area contributed by atoms with Crippen molar-refractivity contribution in [2.75, 3.05) is 17.7 Å². The molecule has 1 aromatic carbocycles. The molecule has 1 aromatic heterocycles. The number of amides is 1. The Morgan fingerprint density at radius 1 is 1.27 bits per heavy atom. The van der Waals surface area contributed by atoms with E-state index in [0.717, 1.165) is 0 Å². The SMILES string of the molecule is CSCC[C@H](N)C(=O)N[C@@H](CC(C)C)C(=O)c1c(CS(=O)(=O)O)c2ccc(N)cc2oc1=O. The van der Waals surface area contributed by atoms with Crippen LogP contribution in [0.2, 0.25) is 0 Å². The van der Waals surface area contributed by atoms with Gasteiger partial charge in [0.05, 0.1) is 12.1 Å². The zero-order valence-electron chi connectivity index (χ0n) is 18.7. The van der Waals surface area contributed by atoms with Crippen molar-refractivity contribution in [3.05, 3.63) is 39.7 Å². The van der Waals surface area contributed by atoms with Crippen molar-refractivity contribution in [1.82, 2.24) is 5.32 Å². The lowest BCUT2D eigenvalue weighted by atomic mass is 9.93. The van der Waals surface area contributed by atoms with Crippen LogP contribution in [-0.4, -0.2) is 48.8 Å². The van der Waals surface area contributed by atoms with Gasteiger partial charge in [0.2, 0.25) is 5.91 Å². The van der Waals surface area contributed by atoms with Gasteiger partial charge in [-0.1, -0.05) is 13.8 Å². The number of carbonyl (C=O) groups is 2. The minimum atomic E-state index is -4.62. The number of thioether (sulfide) groups is 1. The third-order valence-corrected chi connectivity index (χ3v) is 6.22. The summed E-state index contributed by atoms with van der Waals surface area (Å²) in [5.74, 6) is -1.78. The van der Waals surface area contributed by atoms with E-state index in [0.29, 0.717) is 12.2 Å². The standard InChI is InChI=1S/C21H29N3O7S2/c1-11(2)8-16(24-20(26)15(23)6-7-32-3)19(25)18-14(10-33(28,29)30)13-5-4-12(22)9-17(13)31-21(18)27/h4-5,9,11,15-16H,6-8,10,22-23H2,1-3H3,(H,24,26)(H,28,29,30)/t15-,16-/m0/s1. The fraction of sp³-hybridized carbons (Fsp3) is 0.476. The summed E-state index contributed by atoms with van der Waals surface area (Å²) in [6, 6.07) is 2.17. The van der Waals surface area contributed by atoms with Crippen molar-refractivity contribution in [2.24, 2.45) is 11.7 Å². The van der Waals surface area contributed by atoms with Crippen LogP contribution in [0.5, 0.6) is 0 Å². The first-order chi connectivity index (χ1) is 15.3. The van der Waals surface area contributed by atoms with E-state index in [9.17, 15) is 27.4 Å². The lowest BCUT2D eigenvalue weighted by molar-refractivity contribution is -0.122. The highest BCUT2D eigenvalue weighted by Crippen LogP contribution is 2.25. The number of nitrogens with one attached hydrogen (secondary N) is 1. The summed E-state index contributed by atoms with van der Waals surface area (Å²) in [5, 5.41) is 2.73. The molecule has 0 fully saturated rings.